The fourth-order valence-corrected chi connectivity index (χ4v) is 4.90. The second-order valence-corrected chi connectivity index (χ2v) is 9.32. The van der Waals surface area contributed by atoms with Crippen LogP contribution >= 0.6 is 11.3 Å². The second-order valence-electron chi connectivity index (χ2n) is 8.40. The van der Waals surface area contributed by atoms with E-state index in [2.05, 4.69) is 35.4 Å². The first kappa shape index (κ1) is 20.8. The van der Waals surface area contributed by atoms with Gasteiger partial charge in [-0.1, -0.05) is 25.5 Å². The maximum Gasteiger partial charge on any atom is 0.272 e. The first-order valence-corrected chi connectivity index (χ1v) is 11.7. The van der Waals surface area contributed by atoms with E-state index >= 15 is 0 Å². The number of carbonyl (C=O) groups is 1. The lowest BCUT2D eigenvalue weighted by atomic mass is 9.97. The largest absolute Gasteiger partial charge is 0.356 e. The van der Waals surface area contributed by atoms with Crippen LogP contribution in [0.1, 0.15) is 58.2 Å². The molecule has 1 aliphatic rings. The summed E-state index contributed by atoms with van der Waals surface area (Å²) in [6.45, 7) is 5.43. The Morgan fingerprint density at radius 1 is 1.27 bits per heavy atom. The van der Waals surface area contributed by atoms with Gasteiger partial charge in [-0.25, -0.2) is 0 Å². The van der Waals surface area contributed by atoms with Gasteiger partial charge >= 0.3 is 0 Å². The Morgan fingerprint density at radius 3 is 2.90 bits per heavy atom. The van der Waals surface area contributed by atoms with E-state index < -0.39 is 0 Å². The first-order chi connectivity index (χ1) is 14.5. The summed E-state index contributed by atoms with van der Waals surface area (Å²) in [5.74, 6) is 1.62. The number of carbonyl (C=O) groups excluding carboxylic acids is 1. The van der Waals surface area contributed by atoms with Gasteiger partial charge in [0, 0.05) is 25.9 Å². The summed E-state index contributed by atoms with van der Waals surface area (Å²) >= 11 is 1.44. The molecular formula is C22H29N5O2S. The molecule has 0 spiro atoms. The Morgan fingerprint density at radius 2 is 2.13 bits per heavy atom. The number of fused-ring (bicyclic) bond motifs is 3. The predicted molar refractivity (Wildman–Crippen MR) is 120 cm³/mol. The lowest BCUT2D eigenvalue weighted by Gasteiger charge is -2.13. The SMILES string of the molecule is CC(C)Cn1c(=O)c2sccc2n2c(CCC(=O)NCCC3=CCCCC3)nnc12. The fourth-order valence-electron chi connectivity index (χ4n) is 4.08. The molecule has 160 valence electrons. The number of aryl methyl sites for hydroxylation is 1. The highest BCUT2D eigenvalue weighted by molar-refractivity contribution is 7.17. The summed E-state index contributed by atoms with van der Waals surface area (Å²) in [5, 5.41) is 13.6. The lowest BCUT2D eigenvalue weighted by molar-refractivity contribution is -0.121. The zero-order valence-corrected chi connectivity index (χ0v) is 18.5. The van der Waals surface area contributed by atoms with Gasteiger partial charge < -0.3 is 5.32 Å². The van der Waals surface area contributed by atoms with Crippen molar-refractivity contribution in [1.29, 1.82) is 0 Å². The van der Waals surface area contributed by atoms with E-state index in [1.165, 1.54) is 36.2 Å². The van der Waals surface area contributed by atoms with Crippen molar-refractivity contribution in [3.05, 3.63) is 39.3 Å². The van der Waals surface area contributed by atoms with E-state index in [4.69, 9.17) is 0 Å². The van der Waals surface area contributed by atoms with Crippen molar-refractivity contribution in [3.63, 3.8) is 0 Å². The summed E-state index contributed by atoms with van der Waals surface area (Å²) in [7, 11) is 0. The second kappa shape index (κ2) is 9.12. The number of amides is 1. The lowest BCUT2D eigenvalue weighted by Crippen LogP contribution is -2.26. The van der Waals surface area contributed by atoms with Crippen LogP contribution in [0.2, 0.25) is 0 Å². The first-order valence-electron chi connectivity index (χ1n) is 10.8. The zero-order valence-electron chi connectivity index (χ0n) is 17.7. The Balaban J connectivity index is 1.48. The molecule has 0 saturated carbocycles. The van der Waals surface area contributed by atoms with E-state index in [0.717, 1.165) is 24.2 Å². The zero-order chi connectivity index (χ0) is 21.1. The monoisotopic (exact) mass is 427 g/mol. The number of nitrogens with zero attached hydrogens (tertiary/aromatic N) is 4. The molecule has 4 rings (SSSR count). The third-order valence-corrected chi connectivity index (χ3v) is 6.45. The molecule has 0 aliphatic heterocycles. The molecule has 1 amide bonds. The standard InChI is InChI=1S/C22H29N5O2S/c1-15(2)14-26-21(29)20-17(11-13-30-20)27-18(24-25-22(26)27)8-9-19(28)23-12-10-16-6-4-3-5-7-16/h6,11,13,15H,3-5,7-10,12,14H2,1-2H3,(H,23,28). The minimum absolute atomic E-state index is 0.0186. The average Bonchev–Trinajstić information content (AvgIpc) is 3.37. The highest BCUT2D eigenvalue weighted by atomic mass is 32.1. The number of rotatable bonds is 8. The molecule has 0 atom stereocenters. The normalized spacial score (nSPS) is 14.6. The molecule has 3 heterocycles. The molecule has 3 aromatic heterocycles. The van der Waals surface area contributed by atoms with Crippen LogP contribution in [-0.4, -0.2) is 31.6 Å². The van der Waals surface area contributed by atoms with E-state index in [-0.39, 0.29) is 11.5 Å². The summed E-state index contributed by atoms with van der Waals surface area (Å²) < 4.78 is 4.35. The molecule has 3 aromatic rings. The van der Waals surface area contributed by atoms with Crippen molar-refractivity contribution < 1.29 is 4.79 Å². The van der Waals surface area contributed by atoms with Gasteiger partial charge in [0.05, 0.1) is 5.52 Å². The van der Waals surface area contributed by atoms with E-state index in [0.29, 0.717) is 42.3 Å². The molecule has 0 aromatic carbocycles. The van der Waals surface area contributed by atoms with Crippen molar-refractivity contribution in [2.75, 3.05) is 6.54 Å². The van der Waals surface area contributed by atoms with Gasteiger partial charge in [0.15, 0.2) is 0 Å². The summed E-state index contributed by atoms with van der Waals surface area (Å²) in [4.78, 5) is 25.2. The molecule has 7 nitrogen and oxygen atoms in total. The van der Waals surface area contributed by atoms with Crippen LogP contribution in [-0.2, 0) is 17.8 Å². The van der Waals surface area contributed by atoms with E-state index in [1.807, 2.05) is 15.8 Å². The van der Waals surface area contributed by atoms with E-state index in [1.54, 1.807) is 4.57 Å². The molecule has 1 N–H and O–H groups in total. The molecule has 1 aliphatic carbocycles. The van der Waals surface area contributed by atoms with Gasteiger partial charge in [-0.2, -0.15) is 0 Å². The third-order valence-electron chi connectivity index (χ3n) is 5.56. The predicted octanol–water partition coefficient (Wildman–Crippen LogP) is 3.70. The van der Waals surface area contributed by atoms with Crippen molar-refractivity contribution in [1.82, 2.24) is 24.5 Å². The topological polar surface area (TPSA) is 81.3 Å². The minimum Gasteiger partial charge on any atom is -0.356 e. The quantitative estimate of drug-likeness (QED) is 0.556. The molecule has 0 bridgehead atoms. The summed E-state index contributed by atoms with van der Waals surface area (Å²) in [6, 6.07) is 1.93. The number of hydrogen-bond donors (Lipinski definition) is 1. The van der Waals surface area contributed by atoms with Crippen molar-refractivity contribution in [2.45, 2.75) is 65.3 Å². The third kappa shape index (κ3) is 4.33. The smallest absolute Gasteiger partial charge is 0.272 e. The van der Waals surface area contributed by atoms with Gasteiger partial charge in [0.25, 0.3) is 5.56 Å². The van der Waals surface area contributed by atoms with Gasteiger partial charge in [-0.05, 0) is 49.5 Å². The van der Waals surface area contributed by atoms with Crippen LogP contribution in [0.15, 0.2) is 27.9 Å². The average molecular weight is 428 g/mol. The minimum atomic E-state index is -0.0186. The molecule has 0 saturated heterocycles. The van der Waals surface area contributed by atoms with Gasteiger partial charge in [0.2, 0.25) is 11.7 Å². The number of aromatic nitrogens is 4. The van der Waals surface area contributed by atoms with Crippen LogP contribution in [0.5, 0.6) is 0 Å². The van der Waals surface area contributed by atoms with Crippen LogP contribution < -0.4 is 10.9 Å². The summed E-state index contributed by atoms with van der Waals surface area (Å²) in [6.07, 6.45) is 8.98. The molecule has 8 heteroatoms. The Hall–Kier alpha value is -2.48. The van der Waals surface area contributed by atoms with Crippen molar-refractivity contribution in [2.24, 2.45) is 5.92 Å². The molecule has 30 heavy (non-hydrogen) atoms. The molecule has 0 fully saturated rings. The van der Waals surface area contributed by atoms with Crippen LogP contribution in [0.3, 0.4) is 0 Å². The Kier molecular flexibility index (Phi) is 6.32. The number of hydrogen-bond acceptors (Lipinski definition) is 5. The maximum atomic E-state index is 12.9. The Bertz CT molecular complexity index is 1140. The number of nitrogens with one attached hydrogen (secondary N) is 1. The van der Waals surface area contributed by atoms with E-state index in [9.17, 15) is 9.59 Å². The fraction of sp³-hybridized carbons (Fsp3) is 0.545. The molecular weight excluding hydrogens is 398 g/mol. The maximum absolute atomic E-state index is 12.9. The molecule has 0 unspecified atom stereocenters. The highest BCUT2D eigenvalue weighted by Crippen LogP contribution is 2.21. The van der Waals surface area contributed by atoms with Crippen molar-refractivity contribution >= 4 is 33.2 Å². The highest BCUT2D eigenvalue weighted by Gasteiger charge is 2.18. The Labute approximate surface area is 179 Å². The van der Waals surface area contributed by atoms with Crippen LogP contribution in [0.25, 0.3) is 16.0 Å². The number of allylic oxidation sites excluding steroid dienone is 1. The number of thiophene rings is 1. The van der Waals surface area contributed by atoms with Crippen LogP contribution in [0.4, 0.5) is 0 Å². The van der Waals surface area contributed by atoms with Gasteiger partial charge in [-0.15, -0.1) is 21.5 Å². The van der Waals surface area contributed by atoms with Crippen molar-refractivity contribution in [3.8, 4) is 0 Å². The molecule has 0 radical (unpaired) electrons. The van der Waals surface area contributed by atoms with Gasteiger partial charge in [0.1, 0.15) is 10.5 Å². The summed E-state index contributed by atoms with van der Waals surface area (Å²) in [5.41, 5.74) is 2.27. The van der Waals surface area contributed by atoms with Crippen LogP contribution in [0, 0.1) is 5.92 Å². The van der Waals surface area contributed by atoms with Gasteiger partial charge in [-0.3, -0.25) is 18.6 Å².